The number of hydrogen-bond acceptors (Lipinski definition) is 4. The highest BCUT2D eigenvalue weighted by Gasteiger charge is 2.34. The van der Waals surface area contributed by atoms with Gasteiger partial charge in [-0.3, -0.25) is 4.98 Å². The standard InChI is InChI=1S/C18H22N2O2/c19-16-6-8-18(22,9-7-16)17-5-4-15(11-20-17)14-3-1-2-13(10-14)12-21/h1-5,10-11,16,21-22H,6-9,12,19H2. The Bertz CT molecular complexity index is 632. The zero-order valence-corrected chi connectivity index (χ0v) is 12.6. The van der Waals surface area contributed by atoms with E-state index in [0.717, 1.165) is 35.2 Å². The van der Waals surface area contributed by atoms with Crippen molar-refractivity contribution in [1.29, 1.82) is 0 Å². The van der Waals surface area contributed by atoms with E-state index in [4.69, 9.17) is 5.73 Å². The van der Waals surface area contributed by atoms with Gasteiger partial charge < -0.3 is 15.9 Å². The van der Waals surface area contributed by atoms with Gasteiger partial charge in [-0.05, 0) is 48.9 Å². The summed E-state index contributed by atoms with van der Waals surface area (Å²) in [4.78, 5) is 4.48. The van der Waals surface area contributed by atoms with E-state index in [-0.39, 0.29) is 12.6 Å². The lowest BCUT2D eigenvalue weighted by Gasteiger charge is -2.34. The molecule has 0 radical (unpaired) electrons. The van der Waals surface area contributed by atoms with Gasteiger partial charge >= 0.3 is 0 Å². The summed E-state index contributed by atoms with van der Waals surface area (Å²) in [6, 6.07) is 11.8. The summed E-state index contributed by atoms with van der Waals surface area (Å²) in [5, 5.41) is 20.0. The van der Waals surface area contributed by atoms with E-state index in [1.165, 1.54) is 0 Å². The fourth-order valence-electron chi connectivity index (χ4n) is 3.06. The van der Waals surface area contributed by atoms with E-state index in [1.54, 1.807) is 6.20 Å². The molecule has 0 atom stereocenters. The van der Waals surface area contributed by atoms with Crippen LogP contribution in [0.15, 0.2) is 42.6 Å². The minimum absolute atomic E-state index is 0.0271. The molecule has 2 aromatic rings. The first-order valence-corrected chi connectivity index (χ1v) is 7.75. The molecule has 1 heterocycles. The van der Waals surface area contributed by atoms with Crippen molar-refractivity contribution < 1.29 is 10.2 Å². The molecule has 1 aromatic carbocycles. The van der Waals surface area contributed by atoms with Crippen LogP contribution in [0.1, 0.15) is 36.9 Å². The SMILES string of the molecule is NC1CCC(O)(c2ccc(-c3cccc(CO)c3)cn2)CC1. The molecule has 4 N–H and O–H groups in total. The van der Waals surface area contributed by atoms with Crippen molar-refractivity contribution in [2.75, 3.05) is 0 Å². The predicted octanol–water partition coefficient (Wildman–Crippen LogP) is 2.33. The molecule has 0 spiro atoms. The Morgan fingerprint density at radius 2 is 1.91 bits per heavy atom. The summed E-state index contributed by atoms with van der Waals surface area (Å²) in [5.74, 6) is 0. The minimum atomic E-state index is -0.846. The number of pyridine rings is 1. The highest BCUT2D eigenvalue weighted by atomic mass is 16.3. The van der Waals surface area contributed by atoms with Crippen molar-refractivity contribution in [2.45, 2.75) is 43.9 Å². The smallest absolute Gasteiger partial charge is 0.107 e. The van der Waals surface area contributed by atoms with Crippen LogP contribution in [-0.2, 0) is 12.2 Å². The molecule has 4 heteroatoms. The molecule has 0 aliphatic heterocycles. The van der Waals surface area contributed by atoms with Crippen molar-refractivity contribution in [1.82, 2.24) is 4.98 Å². The third-order valence-electron chi connectivity index (χ3n) is 4.54. The summed E-state index contributed by atoms with van der Waals surface area (Å²) in [6.07, 6.45) is 4.79. The number of aromatic nitrogens is 1. The third-order valence-corrected chi connectivity index (χ3v) is 4.54. The van der Waals surface area contributed by atoms with E-state index in [2.05, 4.69) is 4.98 Å². The summed E-state index contributed by atoms with van der Waals surface area (Å²) in [5.41, 5.74) is 8.66. The van der Waals surface area contributed by atoms with Crippen LogP contribution in [0.2, 0.25) is 0 Å². The molecule has 0 unspecified atom stereocenters. The van der Waals surface area contributed by atoms with Gasteiger partial charge in [-0.25, -0.2) is 0 Å². The number of hydrogen-bond donors (Lipinski definition) is 3. The quantitative estimate of drug-likeness (QED) is 0.812. The molecular formula is C18H22N2O2. The van der Waals surface area contributed by atoms with Crippen LogP contribution in [0.5, 0.6) is 0 Å². The number of nitrogens with two attached hydrogens (primary N) is 1. The van der Waals surface area contributed by atoms with Crippen LogP contribution in [-0.4, -0.2) is 21.2 Å². The Hall–Kier alpha value is -1.75. The van der Waals surface area contributed by atoms with Crippen LogP contribution < -0.4 is 5.73 Å². The van der Waals surface area contributed by atoms with Gasteiger partial charge in [-0.1, -0.05) is 24.3 Å². The molecule has 1 aromatic heterocycles. The zero-order chi connectivity index (χ0) is 15.6. The first-order valence-electron chi connectivity index (χ1n) is 7.75. The van der Waals surface area contributed by atoms with Gasteiger partial charge in [-0.2, -0.15) is 0 Å². The maximum Gasteiger partial charge on any atom is 0.107 e. The van der Waals surface area contributed by atoms with Gasteiger partial charge in [0.15, 0.2) is 0 Å². The van der Waals surface area contributed by atoms with Crippen molar-refractivity contribution in [3.63, 3.8) is 0 Å². The van der Waals surface area contributed by atoms with Crippen molar-refractivity contribution in [3.05, 3.63) is 53.9 Å². The van der Waals surface area contributed by atoms with Crippen LogP contribution >= 0.6 is 0 Å². The topological polar surface area (TPSA) is 79.4 Å². The fourth-order valence-corrected chi connectivity index (χ4v) is 3.06. The van der Waals surface area contributed by atoms with Gasteiger partial charge in [0.25, 0.3) is 0 Å². The Balaban J connectivity index is 1.83. The second-order valence-electron chi connectivity index (χ2n) is 6.16. The van der Waals surface area contributed by atoms with Crippen LogP contribution in [0.3, 0.4) is 0 Å². The van der Waals surface area contributed by atoms with E-state index in [1.807, 2.05) is 36.4 Å². The first kappa shape index (κ1) is 15.2. The fraction of sp³-hybridized carbons (Fsp3) is 0.389. The normalized spacial score (nSPS) is 25.1. The number of aliphatic hydroxyl groups is 2. The van der Waals surface area contributed by atoms with Gasteiger partial charge in [0.1, 0.15) is 5.60 Å². The lowest BCUT2D eigenvalue weighted by Crippen LogP contribution is -2.37. The molecule has 3 rings (SSSR count). The minimum Gasteiger partial charge on any atom is -0.392 e. The lowest BCUT2D eigenvalue weighted by molar-refractivity contribution is -0.00885. The van der Waals surface area contributed by atoms with Crippen molar-refractivity contribution in [3.8, 4) is 11.1 Å². The van der Waals surface area contributed by atoms with Gasteiger partial charge in [-0.15, -0.1) is 0 Å². The Kier molecular flexibility index (Phi) is 4.25. The van der Waals surface area contributed by atoms with Crippen LogP contribution in [0, 0.1) is 0 Å². The third kappa shape index (κ3) is 3.04. The molecule has 1 saturated carbocycles. The summed E-state index contributed by atoms with van der Waals surface area (Å²) in [6.45, 7) is 0.0271. The average Bonchev–Trinajstić information content (AvgIpc) is 2.58. The second-order valence-corrected chi connectivity index (χ2v) is 6.16. The van der Waals surface area contributed by atoms with Crippen molar-refractivity contribution in [2.24, 2.45) is 5.73 Å². The van der Waals surface area contributed by atoms with E-state index < -0.39 is 5.60 Å². The number of nitrogens with zero attached hydrogens (tertiary/aromatic N) is 1. The number of benzene rings is 1. The predicted molar refractivity (Wildman–Crippen MR) is 85.9 cm³/mol. The highest BCUT2D eigenvalue weighted by molar-refractivity contribution is 5.63. The van der Waals surface area contributed by atoms with E-state index in [0.29, 0.717) is 12.8 Å². The highest BCUT2D eigenvalue weighted by Crippen LogP contribution is 2.36. The molecule has 0 saturated heterocycles. The van der Waals surface area contributed by atoms with Crippen molar-refractivity contribution >= 4 is 0 Å². The Morgan fingerprint density at radius 3 is 2.55 bits per heavy atom. The van der Waals surface area contributed by atoms with E-state index in [9.17, 15) is 10.2 Å². The first-order chi connectivity index (χ1) is 10.6. The maximum atomic E-state index is 10.8. The molecule has 22 heavy (non-hydrogen) atoms. The molecular weight excluding hydrogens is 276 g/mol. The molecule has 0 amide bonds. The number of aliphatic hydroxyl groups excluding tert-OH is 1. The Morgan fingerprint density at radius 1 is 1.14 bits per heavy atom. The summed E-state index contributed by atoms with van der Waals surface area (Å²) < 4.78 is 0. The molecule has 1 aliphatic rings. The lowest BCUT2D eigenvalue weighted by atomic mass is 9.80. The molecule has 4 nitrogen and oxygen atoms in total. The largest absolute Gasteiger partial charge is 0.392 e. The van der Waals surface area contributed by atoms with Crippen LogP contribution in [0.4, 0.5) is 0 Å². The number of rotatable bonds is 3. The van der Waals surface area contributed by atoms with Gasteiger partial charge in [0.2, 0.25) is 0 Å². The second kappa shape index (κ2) is 6.16. The maximum absolute atomic E-state index is 10.8. The summed E-state index contributed by atoms with van der Waals surface area (Å²) in [7, 11) is 0. The Labute approximate surface area is 130 Å². The molecule has 1 aliphatic carbocycles. The summed E-state index contributed by atoms with van der Waals surface area (Å²) >= 11 is 0. The van der Waals surface area contributed by atoms with Gasteiger partial charge in [0.05, 0.1) is 12.3 Å². The molecule has 116 valence electrons. The molecule has 1 fully saturated rings. The average molecular weight is 298 g/mol. The molecule has 0 bridgehead atoms. The van der Waals surface area contributed by atoms with E-state index >= 15 is 0 Å². The van der Waals surface area contributed by atoms with Gasteiger partial charge in [0, 0.05) is 17.8 Å². The monoisotopic (exact) mass is 298 g/mol. The van der Waals surface area contributed by atoms with Crippen LogP contribution in [0.25, 0.3) is 11.1 Å². The zero-order valence-electron chi connectivity index (χ0n) is 12.6.